The molecule has 7 heteroatoms. The molecule has 1 amide bonds. The molecule has 0 atom stereocenters. The number of nitrogens with zero attached hydrogens (tertiary/aromatic N) is 1. The number of anilines is 1. The molecule has 1 aliphatic rings. The first kappa shape index (κ1) is 12.5. The van der Waals surface area contributed by atoms with Crippen LogP contribution in [-0.4, -0.2) is 18.2 Å². The van der Waals surface area contributed by atoms with Gasteiger partial charge in [-0.2, -0.15) is 13.2 Å². The molecule has 0 bridgehead atoms. The molecule has 0 aliphatic carbocycles. The highest BCUT2D eigenvalue weighted by Crippen LogP contribution is 2.39. The van der Waals surface area contributed by atoms with Crippen molar-refractivity contribution in [1.29, 1.82) is 0 Å². The van der Waals surface area contributed by atoms with E-state index < -0.39 is 47.9 Å². The van der Waals surface area contributed by atoms with Crippen LogP contribution in [0.4, 0.5) is 23.2 Å². The minimum absolute atomic E-state index is 0.494. The first-order valence-corrected chi connectivity index (χ1v) is 4.98. The summed E-state index contributed by atoms with van der Waals surface area (Å²) in [5, 5.41) is 0. The minimum atomic E-state index is -4.79. The summed E-state index contributed by atoms with van der Waals surface area (Å²) in [6, 6.07) is 2.40. The molecule has 0 unspecified atom stereocenters. The molecule has 0 aromatic heterocycles. The predicted octanol–water partition coefficient (Wildman–Crippen LogP) is 2.15. The molecule has 0 radical (unpaired) electrons. The van der Waals surface area contributed by atoms with Gasteiger partial charge in [-0.3, -0.25) is 9.59 Å². The van der Waals surface area contributed by atoms with Crippen molar-refractivity contribution in [2.24, 2.45) is 0 Å². The van der Waals surface area contributed by atoms with Crippen LogP contribution in [0.2, 0.25) is 0 Å². The van der Waals surface area contributed by atoms with E-state index in [0.29, 0.717) is 11.0 Å². The Hall–Kier alpha value is -1.92. The van der Waals surface area contributed by atoms with E-state index in [4.69, 9.17) is 0 Å². The largest absolute Gasteiger partial charge is 0.418 e. The van der Waals surface area contributed by atoms with Gasteiger partial charge in [0.05, 0.1) is 24.2 Å². The Morgan fingerprint density at radius 2 is 1.83 bits per heavy atom. The monoisotopic (exact) mass is 261 g/mol. The Balaban J connectivity index is 2.56. The van der Waals surface area contributed by atoms with Crippen LogP contribution in [0.5, 0.6) is 0 Å². The Kier molecular flexibility index (Phi) is 2.84. The van der Waals surface area contributed by atoms with Crippen LogP contribution in [-0.2, 0) is 15.8 Å². The Morgan fingerprint density at radius 3 is 2.33 bits per heavy atom. The number of carbonyl (C=O) groups is 2. The maximum absolute atomic E-state index is 13.5. The van der Waals surface area contributed by atoms with Crippen LogP contribution in [0.1, 0.15) is 12.0 Å². The summed E-state index contributed by atoms with van der Waals surface area (Å²) in [6.07, 6.45) is -5.28. The number of Topliss-reactive ketones (excluding diaryl/α,β-unsaturated/α-hetero) is 1. The van der Waals surface area contributed by atoms with Gasteiger partial charge < -0.3 is 4.90 Å². The van der Waals surface area contributed by atoms with Crippen molar-refractivity contribution in [2.75, 3.05) is 11.4 Å². The molecule has 1 fully saturated rings. The summed E-state index contributed by atoms with van der Waals surface area (Å²) >= 11 is 0. The van der Waals surface area contributed by atoms with E-state index in [1.807, 2.05) is 0 Å². The molecular weight excluding hydrogens is 254 g/mol. The lowest BCUT2D eigenvalue weighted by Gasteiger charge is -2.20. The Labute approximate surface area is 99.0 Å². The summed E-state index contributed by atoms with van der Waals surface area (Å²) in [4.78, 5) is 23.0. The van der Waals surface area contributed by atoms with Gasteiger partial charge in [0.1, 0.15) is 5.82 Å². The zero-order valence-corrected chi connectivity index (χ0v) is 8.92. The van der Waals surface area contributed by atoms with Crippen molar-refractivity contribution >= 4 is 17.4 Å². The lowest BCUT2D eigenvalue weighted by atomic mass is 10.1. The number of halogens is 4. The number of hydrogen-bond acceptors (Lipinski definition) is 2. The highest BCUT2D eigenvalue weighted by Gasteiger charge is 2.40. The molecule has 18 heavy (non-hydrogen) atoms. The van der Waals surface area contributed by atoms with Crippen molar-refractivity contribution in [3.8, 4) is 0 Å². The number of hydrogen-bond donors (Lipinski definition) is 0. The van der Waals surface area contributed by atoms with Crippen molar-refractivity contribution in [1.82, 2.24) is 0 Å². The average Bonchev–Trinajstić information content (AvgIpc) is 2.56. The molecule has 2 rings (SSSR count). The fourth-order valence-corrected chi connectivity index (χ4v) is 1.81. The number of benzene rings is 1. The van der Waals surface area contributed by atoms with E-state index in [-0.39, 0.29) is 0 Å². The molecule has 0 N–H and O–H groups in total. The summed E-state index contributed by atoms with van der Waals surface area (Å²) in [5.41, 5.74) is -2.13. The third-order valence-corrected chi connectivity index (χ3v) is 2.55. The number of alkyl halides is 3. The van der Waals surface area contributed by atoms with Gasteiger partial charge in [-0.1, -0.05) is 6.07 Å². The van der Waals surface area contributed by atoms with Crippen molar-refractivity contribution in [3.05, 3.63) is 29.6 Å². The maximum Gasteiger partial charge on any atom is 0.418 e. The first-order valence-electron chi connectivity index (χ1n) is 4.98. The van der Waals surface area contributed by atoms with Crippen LogP contribution in [0.3, 0.4) is 0 Å². The fraction of sp³-hybridized carbons (Fsp3) is 0.273. The molecule has 1 aromatic rings. The van der Waals surface area contributed by atoms with E-state index in [1.54, 1.807) is 0 Å². The van der Waals surface area contributed by atoms with Gasteiger partial charge >= 0.3 is 6.18 Å². The molecule has 3 nitrogen and oxygen atoms in total. The van der Waals surface area contributed by atoms with Crippen LogP contribution in [0, 0.1) is 5.82 Å². The molecule has 0 spiro atoms. The quantitative estimate of drug-likeness (QED) is 0.573. The normalized spacial score (nSPS) is 16.6. The van der Waals surface area contributed by atoms with Gasteiger partial charge in [0.15, 0.2) is 5.78 Å². The molecule has 1 heterocycles. The zero-order chi connectivity index (χ0) is 13.5. The third-order valence-electron chi connectivity index (χ3n) is 2.55. The van der Waals surface area contributed by atoms with Crippen LogP contribution in [0.25, 0.3) is 0 Å². The van der Waals surface area contributed by atoms with E-state index in [0.717, 1.165) is 12.1 Å². The molecule has 1 aromatic carbocycles. The summed E-state index contributed by atoms with van der Waals surface area (Å²) < 4.78 is 51.7. The SMILES string of the molecule is O=C1CC(=O)N(c2c(F)cccc2C(F)(F)F)C1. The zero-order valence-electron chi connectivity index (χ0n) is 8.92. The number of para-hydroxylation sites is 1. The smallest absolute Gasteiger partial charge is 0.301 e. The van der Waals surface area contributed by atoms with Gasteiger partial charge in [-0.25, -0.2) is 4.39 Å². The summed E-state index contributed by atoms with van der Waals surface area (Å²) in [7, 11) is 0. The Bertz CT molecular complexity index is 524. The number of carbonyl (C=O) groups excluding carboxylic acids is 2. The van der Waals surface area contributed by atoms with Gasteiger partial charge in [0, 0.05) is 0 Å². The van der Waals surface area contributed by atoms with Gasteiger partial charge in [-0.15, -0.1) is 0 Å². The highest BCUT2D eigenvalue weighted by molar-refractivity contribution is 6.15. The lowest BCUT2D eigenvalue weighted by molar-refractivity contribution is -0.137. The molecule has 1 aliphatic heterocycles. The molecule has 0 saturated carbocycles. The van der Waals surface area contributed by atoms with Crippen LogP contribution < -0.4 is 4.90 Å². The topological polar surface area (TPSA) is 37.4 Å². The molecular formula is C11H7F4NO2. The van der Waals surface area contributed by atoms with Gasteiger partial charge in [-0.05, 0) is 12.1 Å². The van der Waals surface area contributed by atoms with Gasteiger partial charge in [0.25, 0.3) is 0 Å². The van der Waals surface area contributed by atoms with Crippen LogP contribution in [0.15, 0.2) is 18.2 Å². The van der Waals surface area contributed by atoms with E-state index in [1.165, 1.54) is 0 Å². The van der Waals surface area contributed by atoms with E-state index in [2.05, 4.69) is 0 Å². The third kappa shape index (κ3) is 2.07. The number of rotatable bonds is 1. The summed E-state index contributed by atoms with van der Waals surface area (Å²) in [5.74, 6) is -2.53. The lowest BCUT2D eigenvalue weighted by Crippen LogP contribution is -2.28. The minimum Gasteiger partial charge on any atom is -0.301 e. The Morgan fingerprint density at radius 1 is 1.17 bits per heavy atom. The fourth-order valence-electron chi connectivity index (χ4n) is 1.81. The highest BCUT2D eigenvalue weighted by atomic mass is 19.4. The number of ketones is 1. The van der Waals surface area contributed by atoms with Crippen molar-refractivity contribution < 1.29 is 27.2 Å². The molecule has 1 saturated heterocycles. The average molecular weight is 261 g/mol. The molecule has 96 valence electrons. The predicted molar refractivity (Wildman–Crippen MR) is 53.4 cm³/mol. The second-order valence-electron chi connectivity index (χ2n) is 3.83. The summed E-state index contributed by atoms with van der Waals surface area (Å²) in [6.45, 7) is -0.525. The maximum atomic E-state index is 13.5. The van der Waals surface area contributed by atoms with Crippen LogP contribution >= 0.6 is 0 Å². The van der Waals surface area contributed by atoms with Crippen molar-refractivity contribution in [2.45, 2.75) is 12.6 Å². The second kappa shape index (κ2) is 4.08. The second-order valence-corrected chi connectivity index (χ2v) is 3.83. The first-order chi connectivity index (χ1) is 8.30. The van der Waals surface area contributed by atoms with E-state index in [9.17, 15) is 27.2 Å². The standard InChI is InChI=1S/C11H7F4NO2/c12-8-3-1-2-7(11(13,14)15)10(8)16-5-6(17)4-9(16)18/h1-3H,4-5H2. The van der Waals surface area contributed by atoms with Crippen molar-refractivity contribution in [3.63, 3.8) is 0 Å². The van der Waals surface area contributed by atoms with E-state index >= 15 is 0 Å². The van der Waals surface area contributed by atoms with Gasteiger partial charge in [0.2, 0.25) is 5.91 Å². The number of amides is 1.